The normalized spacial score (nSPS) is 18.9. The molecule has 27 heavy (non-hydrogen) atoms. The average molecular weight is 367 g/mol. The molecule has 0 saturated carbocycles. The molecular weight excluding hydrogens is 336 g/mol. The molecule has 144 valence electrons. The van der Waals surface area contributed by atoms with Crippen LogP contribution >= 0.6 is 0 Å². The standard InChI is InChI=1S/C22H30N4O/c1-15-8-20(9-16(2)24-15)10-19-6-5-7-26(14-19)17(3)21-11-22(13-23-12-21)25-18(4)27/h8-9,11-13,17,19H,5-7,10,14H2,1-4H3,(H,25,27)/t17-,19-/m1/s1. The van der Waals surface area contributed by atoms with Crippen molar-refractivity contribution in [2.75, 3.05) is 18.4 Å². The van der Waals surface area contributed by atoms with Crippen LogP contribution in [0.1, 0.15) is 55.2 Å². The summed E-state index contributed by atoms with van der Waals surface area (Å²) in [7, 11) is 0. The van der Waals surface area contributed by atoms with Gasteiger partial charge in [-0.25, -0.2) is 0 Å². The number of aromatic nitrogens is 2. The van der Waals surface area contributed by atoms with Crippen LogP contribution in [0.25, 0.3) is 0 Å². The summed E-state index contributed by atoms with van der Waals surface area (Å²) in [5, 5.41) is 2.83. The Morgan fingerprint density at radius 1 is 1.26 bits per heavy atom. The Labute approximate surface area is 162 Å². The van der Waals surface area contributed by atoms with Gasteiger partial charge in [0.05, 0.1) is 11.9 Å². The quantitative estimate of drug-likeness (QED) is 0.867. The van der Waals surface area contributed by atoms with E-state index >= 15 is 0 Å². The maximum Gasteiger partial charge on any atom is 0.221 e. The molecule has 2 atom stereocenters. The monoisotopic (exact) mass is 366 g/mol. The number of hydrogen-bond donors (Lipinski definition) is 1. The van der Waals surface area contributed by atoms with Gasteiger partial charge in [-0.05, 0) is 81.8 Å². The zero-order valence-corrected chi connectivity index (χ0v) is 16.8. The van der Waals surface area contributed by atoms with Crippen molar-refractivity contribution >= 4 is 11.6 Å². The smallest absolute Gasteiger partial charge is 0.221 e. The maximum atomic E-state index is 11.3. The van der Waals surface area contributed by atoms with Crippen molar-refractivity contribution in [2.24, 2.45) is 5.92 Å². The minimum absolute atomic E-state index is 0.0671. The van der Waals surface area contributed by atoms with Gasteiger partial charge in [0.1, 0.15) is 0 Å². The number of pyridine rings is 2. The summed E-state index contributed by atoms with van der Waals surface area (Å²) in [5.41, 5.74) is 5.52. The number of anilines is 1. The molecule has 5 heteroatoms. The summed E-state index contributed by atoms with van der Waals surface area (Å²) in [6.45, 7) is 10.1. The molecule has 0 aliphatic carbocycles. The Bertz CT molecular complexity index is 784. The van der Waals surface area contributed by atoms with E-state index in [1.165, 1.54) is 25.3 Å². The zero-order valence-electron chi connectivity index (χ0n) is 16.8. The molecule has 5 nitrogen and oxygen atoms in total. The lowest BCUT2D eigenvalue weighted by molar-refractivity contribution is -0.114. The van der Waals surface area contributed by atoms with Crippen LogP contribution in [0.4, 0.5) is 5.69 Å². The van der Waals surface area contributed by atoms with Gasteiger partial charge in [-0.1, -0.05) is 0 Å². The first-order valence-electron chi connectivity index (χ1n) is 9.81. The first-order chi connectivity index (χ1) is 12.9. The second-order valence-corrected chi connectivity index (χ2v) is 7.83. The number of piperidine rings is 1. The number of nitrogens with zero attached hydrogens (tertiary/aromatic N) is 3. The molecule has 1 amide bonds. The molecule has 1 fully saturated rings. The lowest BCUT2D eigenvalue weighted by Gasteiger charge is -2.37. The topological polar surface area (TPSA) is 58.1 Å². The summed E-state index contributed by atoms with van der Waals surface area (Å²) in [6.07, 6.45) is 7.21. The van der Waals surface area contributed by atoms with Gasteiger partial charge in [0.2, 0.25) is 5.91 Å². The van der Waals surface area contributed by atoms with Gasteiger partial charge in [-0.3, -0.25) is 19.7 Å². The van der Waals surface area contributed by atoms with Crippen molar-refractivity contribution in [3.05, 3.63) is 53.1 Å². The summed E-state index contributed by atoms with van der Waals surface area (Å²) < 4.78 is 0. The van der Waals surface area contributed by atoms with Gasteiger partial charge < -0.3 is 5.32 Å². The van der Waals surface area contributed by atoms with E-state index in [2.05, 4.69) is 53.1 Å². The number of nitrogens with one attached hydrogen (secondary N) is 1. The third kappa shape index (κ3) is 5.36. The highest BCUT2D eigenvalue weighted by atomic mass is 16.1. The van der Waals surface area contributed by atoms with Gasteiger partial charge in [0, 0.05) is 37.1 Å². The molecule has 0 bridgehead atoms. The Kier molecular flexibility index (Phi) is 6.22. The van der Waals surface area contributed by atoms with E-state index in [9.17, 15) is 4.79 Å². The fourth-order valence-electron chi connectivity index (χ4n) is 4.16. The van der Waals surface area contributed by atoms with Crippen molar-refractivity contribution in [3.8, 4) is 0 Å². The first-order valence-corrected chi connectivity index (χ1v) is 9.81. The predicted molar refractivity (Wildman–Crippen MR) is 109 cm³/mol. The Hall–Kier alpha value is -2.27. The van der Waals surface area contributed by atoms with Gasteiger partial charge in [-0.2, -0.15) is 0 Å². The molecule has 0 spiro atoms. The van der Waals surface area contributed by atoms with E-state index in [1.54, 1.807) is 6.20 Å². The SMILES string of the molecule is CC(=O)Nc1cncc([C@@H](C)N2CCC[C@H](Cc3cc(C)nc(C)c3)C2)c1. The fourth-order valence-corrected chi connectivity index (χ4v) is 4.16. The van der Waals surface area contributed by atoms with Gasteiger partial charge in [0.15, 0.2) is 0 Å². The van der Waals surface area contributed by atoms with Crippen molar-refractivity contribution in [2.45, 2.75) is 53.0 Å². The first kappa shape index (κ1) is 19.5. The Morgan fingerprint density at radius 2 is 2.00 bits per heavy atom. The largest absolute Gasteiger partial charge is 0.325 e. The molecule has 3 heterocycles. The van der Waals surface area contributed by atoms with Crippen LogP contribution in [0.2, 0.25) is 0 Å². The van der Waals surface area contributed by atoms with Crippen LogP contribution < -0.4 is 5.32 Å². The van der Waals surface area contributed by atoms with Crippen LogP contribution in [0.3, 0.4) is 0 Å². The van der Waals surface area contributed by atoms with Crippen LogP contribution in [-0.2, 0) is 11.2 Å². The summed E-state index contributed by atoms with van der Waals surface area (Å²) >= 11 is 0. The molecule has 2 aromatic rings. The van der Waals surface area contributed by atoms with Crippen molar-refractivity contribution in [1.29, 1.82) is 0 Å². The summed E-state index contributed by atoms with van der Waals surface area (Å²) in [6, 6.07) is 6.76. The number of carbonyl (C=O) groups is 1. The third-order valence-corrected chi connectivity index (χ3v) is 5.33. The van der Waals surface area contributed by atoms with E-state index < -0.39 is 0 Å². The number of aryl methyl sites for hydroxylation is 2. The number of hydrogen-bond acceptors (Lipinski definition) is 4. The van der Waals surface area contributed by atoms with Gasteiger partial charge >= 0.3 is 0 Å². The predicted octanol–water partition coefficient (Wildman–Crippen LogP) is 4.07. The van der Waals surface area contributed by atoms with E-state index in [0.717, 1.165) is 42.1 Å². The molecule has 1 N–H and O–H groups in total. The molecule has 3 rings (SSSR count). The molecule has 2 aromatic heterocycles. The highest BCUT2D eigenvalue weighted by Gasteiger charge is 2.25. The van der Waals surface area contributed by atoms with Crippen LogP contribution in [0.15, 0.2) is 30.6 Å². The average Bonchev–Trinajstić information content (AvgIpc) is 2.60. The molecule has 1 saturated heterocycles. The number of amides is 1. The van der Waals surface area contributed by atoms with Crippen LogP contribution in [0.5, 0.6) is 0 Å². The lowest BCUT2D eigenvalue weighted by Crippen LogP contribution is -2.38. The molecular formula is C22H30N4O. The van der Waals surface area contributed by atoms with Gasteiger partial charge in [-0.15, -0.1) is 0 Å². The molecule has 1 aliphatic rings. The van der Waals surface area contributed by atoms with Crippen molar-refractivity contribution in [3.63, 3.8) is 0 Å². The number of rotatable bonds is 5. The highest BCUT2D eigenvalue weighted by molar-refractivity contribution is 5.88. The minimum atomic E-state index is -0.0671. The number of likely N-dealkylation sites (tertiary alicyclic amines) is 1. The maximum absolute atomic E-state index is 11.3. The van der Waals surface area contributed by atoms with E-state index in [4.69, 9.17) is 0 Å². The van der Waals surface area contributed by atoms with Crippen LogP contribution in [-0.4, -0.2) is 33.9 Å². The lowest BCUT2D eigenvalue weighted by atomic mass is 9.90. The van der Waals surface area contributed by atoms with Crippen molar-refractivity contribution in [1.82, 2.24) is 14.9 Å². The van der Waals surface area contributed by atoms with Crippen LogP contribution in [0, 0.1) is 19.8 Å². The minimum Gasteiger partial charge on any atom is -0.325 e. The number of carbonyl (C=O) groups excluding carboxylic acids is 1. The third-order valence-electron chi connectivity index (χ3n) is 5.33. The Balaban J connectivity index is 1.67. The molecule has 1 aliphatic heterocycles. The van der Waals surface area contributed by atoms with Crippen molar-refractivity contribution < 1.29 is 4.79 Å². The molecule has 0 aromatic carbocycles. The van der Waals surface area contributed by atoms with Gasteiger partial charge in [0.25, 0.3) is 0 Å². The second kappa shape index (κ2) is 8.61. The molecule has 0 unspecified atom stereocenters. The Morgan fingerprint density at radius 3 is 2.70 bits per heavy atom. The van der Waals surface area contributed by atoms with E-state index in [0.29, 0.717) is 5.92 Å². The summed E-state index contributed by atoms with van der Waals surface area (Å²) in [5.74, 6) is 0.594. The summed E-state index contributed by atoms with van der Waals surface area (Å²) in [4.78, 5) is 22.7. The molecule has 0 radical (unpaired) electrons. The van der Waals surface area contributed by atoms with E-state index in [1.807, 2.05) is 12.3 Å². The fraction of sp³-hybridized carbons (Fsp3) is 0.500. The second-order valence-electron chi connectivity index (χ2n) is 7.83. The highest BCUT2D eigenvalue weighted by Crippen LogP contribution is 2.29. The van der Waals surface area contributed by atoms with E-state index in [-0.39, 0.29) is 11.9 Å². The zero-order chi connectivity index (χ0) is 19.4.